The Balaban J connectivity index is 1.39. The summed E-state index contributed by atoms with van der Waals surface area (Å²) in [6, 6.07) is 6.38. The highest BCUT2D eigenvalue weighted by Gasteiger charge is 2.24. The van der Waals surface area contributed by atoms with Crippen molar-refractivity contribution in [3.8, 4) is 5.75 Å². The van der Waals surface area contributed by atoms with E-state index in [1.165, 1.54) is 32.1 Å². The second-order valence-electron chi connectivity index (χ2n) is 10.4. The molecule has 0 spiro atoms. The standard InChI is InChI=1S/C28H45N5O3/c1-4-16-33(23-11-7-5-8-12-23)27(35)13-9-6-10-17-36-24-15-14-22-19-32(20-26(34)30-21(2)3)28(29)31-25(22)18-24/h14-15,18,21,23H,4-13,16-17,19-20H2,1-3H3,(H2,29,31)(H,30,34). The van der Waals surface area contributed by atoms with Gasteiger partial charge >= 0.3 is 0 Å². The number of guanidine groups is 1. The number of ether oxygens (including phenoxy) is 1. The molecular formula is C28H45N5O3. The molecule has 1 aliphatic carbocycles. The largest absolute Gasteiger partial charge is 0.494 e. The lowest BCUT2D eigenvalue weighted by Gasteiger charge is -2.34. The van der Waals surface area contributed by atoms with E-state index in [2.05, 4.69) is 22.1 Å². The maximum absolute atomic E-state index is 12.8. The van der Waals surface area contributed by atoms with Crippen LogP contribution in [0.2, 0.25) is 0 Å². The second kappa shape index (κ2) is 14.1. The van der Waals surface area contributed by atoms with Crippen molar-refractivity contribution in [3.05, 3.63) is 23.8 Å². The fourth-order valence-corrected chi connectivity index (χ4v) is 5.06. The molecule has 8 heteroatoms. The van der Waals surface area contributed by atoms with Gasteiger partial charge in [-0.3, -0.25) is 9.59 Å². The van der Waals surface area contributed by atoms with Crippen LogP contribution in [0.5, 0.6) is 5.75 Å². The molecule has 3 N–H and O–H groups in total. The van der Waals surface area contributed by atoms with Crippen LogP contribution in [0.15, 0.2) is 23.2 Å². The van der Waals surface area contributed by atoms with E-state index in [-0.39, 0.29) is 18.5 Å². The number of amides is 2. The molecule has 2 aliphatic rings. The van der Waals surface area contributed by atoms with E-state index >= 15 is 0 Å². The molecule has 0 atom stereocenters. The zero-order valence-electron chi connectivity index (χ0n) is 22.4. The summed E-state index contributed by atoms with van der Waals surface area (Å²) in [5.74, 6) is 1.36. The monoisotopic (exact) mass is 499 g/mol. The van der Waals surface area contributed by atoms with Crippen molar-refractivity contribution in [2.45, 2.75) is 104 Å². The smallest absolute Gasteiger partial charge is 0.239 e. The number of benzene rings is 1. The van der Waals surface area contributed by atoms with Gasteiger partial charge in [0, 0.05) is 37.7 Å². The normalized spacial score (nSPS) is 15.9. The molecular weight excluding hydrogens is 454 g/mol. The first-order chi connectivity index (χ1) is 17.4. The number of hydrogen-bond donors (Lipinski definition) is 2. The second-order valence-corrected chi connectivity index (χ2v) is 10.4. The van der Waals surface area contributed by atoms with Gasteiger partial charge in [-0.25, -0.2) is 4.99 Å². The van der Waals surface area contributed by atoms with E-state index in [0.717, 1.165) is 49.2 Å². The Hall–Kier alpha value is -2.77. The Bertz CT molecular complexity index is 895. The summed E-state index contributed by atoms with van der Waals surface area (Å²) in [6.45, 7) is 8.24. The van der Waals surface area contributed by atoms with Gasteiger partial charge in [0.2, 0.25) is 11.8 Å². The van der Waals surface area contributed by atoms with Crippen LogP contribution in [-0.4, -0.2) is 59.4 Å². The minimum Gasteiger partial charge on any atom is -0.494 e. The summed E-state index contributed by atoms with van der Waals surface area (Å²) in [5, 5.41) is 2.88. The molecule has 1 saturated carbocycles. The van der Waals surface area contributed by atoms with Gasteiger partial charge < -0.3 is 25.6 Å². The summed E-state index contributed by atoms with van der Waals surface area (Å²) in [5.41, 5.74) is 7.92. The van der Waals surface area contributed by atoms with Gasteiger partial charge in [-0.1, -0.05) is 32.3 Å². The predicted octanol–water partition coefficient (Wildman–Crippen LogP) is 4.48. The number of nitrogens with one attached hydrogen (secondary N) is 1. The minimum absolute atomic E-state index is 0.0692. The van der Waals surface area contributed by atoms with Crippen LogP contribution in [-0.2, 0) is 16.1 Å². The van der Waals surface area contributed by atoms with E-state index in [4.69, 9.17) is 10.5 Å². The van der Waals surface area contributed by atoms with Crippen LogP contribution in [0.25, 0.3) is 0 Å². The van der Waals surface area contributed by atoms with E-state index in [1.807, 2.05) is 32.0 Å². The van der Waals surface area contributed by atoms with E-state index < -0.39 is 0 Å². The fourth-order valence-electron chi connectivity index (χ4n) is 5.06. The summed E-state index contributed by atoms with van der Waals surface area (Å²) in [6.07, 6.45) is 10.6. The lowest BCUT2D eigenvalue weighted by atomic mass is 9.93. The molecule has 1 aromatic rings. The van der Waals surface area contributed by atoms with Gasteiger partial charge in [-0.15, -0.1) is 0 Å². The number of nitrogens with two attached hydrogens (primary N) is 1. The van der Waals surface area contributed by atoms with Crippen LogP contribution in [0.4, 0.5) is 5.69 Å². The first kappa shape index (κ1) is 27.8. The van der Waals surface area contributed by atoms with Gasteiger partial charge in [-0.2, -0.15) is 0 Å². The molecule has 8 nitrogen and oxygen atoms in total. The van der Waals surface area contributed by atoms with E-state index in [1.54, 1.807) is 4.90 Å². The zero-order chi connectivity index (χ0) is 25.9. The number of hydrogen-bond acceptors (Lipinski definition) is 6. The van der Waals surface area contributed by atoms with Crippen LogP contribution < -0.4 is 15.8 Å². The van der Waals surface area contributed by atoms with Crippen molar-refractivity contribution in [2.75, 3.05) is 19.7 Å². The molecule has 0 aromatic heterocycles. The molecule has 0 saturated heterocycles. The van der Waals surface area contributed by atoms with Crippen LogP contribution in [0.1, 0.15) is 90.5 Å². The summed E-state index contributed by atoms with van der Waals surface area (Å²) >= 11 is 0. The molecule has 36 heavy (non-hydrogen) atoms. The maximum Gasteiger partial charge on any atom is 0.239 e. The van der Waals surface area contributed by atoms with Gasteiger partial charge in [-0.05, 0) is 64.0 Å². The van der Waals surface area contributed by atoms with Gasteiger partial charge in [0.1, 0.15) is 5.75 Å². The third-order valence-corrected chi connectivity index (χ3v) is 6.87. The molecule has 2 amide bonds. The molecule has 1 aliphatic heterocycles. The number of unbranched alkanes of at least 4 members (excludes halogenated alkanes) is 2. The number of carbonyl (C=O) groups is 2. The van der Waals surface area contributed by atoms with Crippen molar-refractivity contribution in [1.29, 1.82) is 0 Å². The quantitative estimate of drug-likeness (QED) is 0.390. The molecule has 1 aromatic carbocycles. The van der Waals surface area contributed by atoms with Gasteiger partial charge in [0.05, 0.1) is 18.8 Å². The summed E-state index contributed by atoms with van der Waals surface area (Å²) < 4.78 is 5.95. The topological polar surface area (TPSA) is 100 Å². The van der Waals surface area contributed by atoms with E-state index in [0.29, 0.717) is 37.5 Å². The molecule has 1 heterocycles. The molecule has 3 rings (SSSR count). The van der Waals surface area contributed by atoms with Crippen LogP contribution in [0, 0.1) is 0 Å². The summed E-state index contributed by atoms with van der Waals surface area (Å²) in [4.78, 5) is 33.3. The Morgan fingerprint density at radius 3 is 2.69 bits per heavy atom. The summed E-state index contributed by atoms with van der Waals surface area (Å²) in [7, 11) is 0. The lowest BCUT2D eigenvalue weighted by Crippen LogP contribution is -2.46. The van der Waals surface area contributed by atoms with Crippen molar-refractivity contribution >= 4 is 23.5 Å². The fraction of sp³-hybridized carbons (Fsp3) is 0.679. The van der Waals surface area contributed by atoms with Crippen LogP contribution in [0.3, 0.4) is 0 Å². The number of nitrogens with zero attached hydrogens (tertiary/aromatic N) is 3. The van der Waals surface area contributed by atoms with Gasteiger partial charge in [0.25, 0.3) is 0 Å². The SMILES string of the molecule is CCCN(C(=O)CCCCCOc1ccc2c(c1)N=C(N)N(CC(=O)NC(C)C)C2)C1CCCCC1. The molecule has 0 bridgehead atoms. The van der Waals surface area contributed by atoms with Gasteiger partial charge in [0.15, 0.2) is 5.96 Å². The molecule has 200 valence electrons. The number of aliphatic imine (C=N–C) groups is 1. The first-order valence-corrected chi connectivity index (χ1v) is 13.8. The Kier molecular flexibility index (Phi) is 10.9. The zero-order valence-corrected chi connectivity index (χ0v) is 22.4. The van der Waals surface area contributed by atoms with Crippen molar-refractivity contribution < 1.29 is 14.3 Å². The minimum atomic E-state index is -0.0692. The lowest BCUT2D eigenvalue weighted by molar-refractivity contribution is -0.134. The molecule has 0 unspecified atom stereocenters. The Labute approximate surface area is 216 Å². The Morgan fingerprint density at radius 1 is 1.19 bits per heavy atom. The number of rotatable bonds is 13. The number of fused-ring (bicyclic) bond motifs is 1. The average molecular weight is 500 g/mol. The average Bonchev–Trinajstić information content (AvgIpc) is 2.85. The van der Waals surface area contributed by atoms with Crippen molar-refractivity contribution in [2.24, 2.45) is 10.7 Å². The third-order valence-electron chi connectivity index (χ3n) is 6.87. The highest BCUT2D eigenvalue weighted by atomic mass is 16.5. The highest BCUT2D eigenvalue weighted by Crippen LogP contribution is 2.30. The molecule has 0 radical (unpaired) electrons. The first-order valence-electron chi connectivity index (χ1n) is 13.8. The third kappa shape index (κ3) is 8.42. The van der Waals surface area contributed by atoms with E-state index in [9.17, 15) is 9.59 Å². The van der Waals surface area contributed by atoms with Crippen molar-refractivity contribution in [3.63, 3.8) is 0 Å². The highest BCUT2D eigenvalue weighted by molar-refractivity contribution is 5.88. The number of carbonyl (C=O) groups excluding carboxylic acids is 2. The van der Waals surface area contributed by atoms with Crippen molar-refractivity contribution in [1.82, 2.24) is 15.1 Å². The predicted molar refractivity (Wildman–Crippen MR) is 144 cm³/mol. The van der Waals surface area contributed by atoms with Crippen LogP contribution >= 0.6 is 0 Å². The molecule has 1 fully saturated rings. The maximum atomic E-state index is 12.8. The Morgan fingerprint density at radius 2 is 1.97 bits per heavy atom.